The smallest absolute Gasteiger partial charge is 0.254 e. The Kier molecular flexibility index (Phi) is 5.53. The van der Waals surface area contributed by atoms with Gasteiger partial charge in [0.15, 0.2) is 5.82 Å². The number of anilines is 1. The van der Waals surface area contributed by atoms with Crippen LogP contribution in [0.4, 0.5) is 5.82 Å². The average molecular weight is 420 g/mol. The first-order valence-corrected chi connectivity index (χ1v) is 10.2. The van der Waals surface area contributed by atoms with Crippen molar-refractivity contribution in [2.24, 2.45) is 5.10 Å². The van der Waals surface area contributed by atoms with E-state index in [-0.39, 0.29) is 0 Å². The Bertz CT molecular complexity index is 1330. The summed E-state index contributed by atoms with van der Waals surface area (Å²) in [7, 11) is 0. The first kappa shape index (κ1) is 19.4. The van der Waals surface area contributed by atoms with Crippen molar-refractivity contribution < 1.29 is 4.74 Å². The second-order valence-electron chi connectivity index (χ2n) is 7.08. The van der Waals surface area contributed by atoms with Crippen LogP contribution < -0.4 is 10.2 Å². The zero-order valence-electron chi connectivity index (χ0n) is 17.2. The van der Waals surface area contributed by atoms with Gasteiger partial charge < -0.3 is 4.74 Å². The lowest BCUT2D eigenvalue weighted by molar-refractivity contribution is 0.306. The lowest BCUT2D eigenvalue weighted by Gasteiger charge is -2.07. The van der Waals surface area contributed by atoms with Gasteiger partial charge in [-0.15, -0.1) is 0 Å². The number of rotatable bonds is 7. The third-order valence-electron chi connectivity index (χ3n) is 4.84. The summed E-state index contributed by atoms with van der Waals surface area (Å²) in [6.07, 6.45) is 3.21. The van der Waals surface area contributed by atoms with E-state index in [0.29, 0.717) is 18.2 Å². The molecule has 3 aromatic carbocycles. The average Bonchev–Trinajstić information content (AvgIpc) is 3.34. The third-order valence-corrected chi connectivity index (χ3v) is 4.84. The van der Waals surface area contributed by atoms with Gasteiger partial charge in [0.2, 0.25) is 0 Å². The predicted octanol–water partition coefficient (Wildman–Crippen LogP) is 4.82. The molecule has 32 heavy (non-hydrogen) atoms. The van der Waals surface area contributed by atoms with Crippen molar-refractivity contribution in [2.75, 3.05) is 5.43 Å². The molecule has 5 aromatic rings. The number of hydrogen-bond acceptors (Lipinski definition) is 6. The number of nitrogens with zero attached hydrogens (tertiary/aromatic N) is 5. The monoisotopic (exact) mass is 420 g/mol. The van der Waals surface area contributed by atoms with Gasteiger partial charge in [-0.05, 0) is 35.4 Å². The molecule has 1 N–H and O–H groups in total. The van der Waals surface area contributed by atoms with Gasteiger partial charge in [-0.3, -0.25) is 5.43 Å². The van der Waals surface area contributed by atoms with E-state index in [9.17, 15) is 0 Å². The molecule has 7 heteroatoms. The maximum atomic E-state index is 5.83. The SMILES string of the molecule is C(=N\Nc1cc(-c2ccccc2)nc2ncnn12)/c1ccc(OCc2ccccc2)cc1. The molecule has 0 atom stereocenters. The number of aromatic nitrogens is 4. The van der Waals surface area contributed by atoms with E-state index >= 15 is 0 Å². The van der Waals surface area contributed by atoms with Crippen molar-refractivity contribution in [1.82, 2.24) is 19.6 Å². The number of benzene rings is 3. The Hall–Kier alpha value is -4.52. The highest BCUT2D eigenvalue weighted by Gasteiger charge is 2.08. The molecule has 0 aliphatic carbocycles. The highest BCUT2D eigenvalue weighted by atomic mass is 16.5. The molecule has 2 heterocycles. The van der Waals surface area contributed by atoms with E-state index in [4.69, 9.17) is 4.74 Å². The molecule has 0 aliphatic heterocycles. The third kappa shape index (κ3) is 4.46. The number of hydrazone groups is 1. The van der Waals surface area contributed by atoms with Crippen molar-refractivity contribution in [3.8, 4) is 17.0 Å². The second kappa shape index (κ2) is 9.09. The number of nitrogens with one attached hydrogen (secondary N) is 1. The van der Waals surface area contributed by atoms with E-state index < -0.39 is 0 Å². The van der Waals surface area contributed by atoms with Crippen molar-refractivity contribution in [3.63, 3.8) is 0 Å². The molecular formula is C25H20N6O. The Morgan fingerprint density at radius 3 is 2.44 bits per heavy atom. The van der Waals surface area contributed by atoms with Gasteiger partial charge in [-0.25, -0.2) is 4.98 Å². The summed E-state index contributed by atoms with van der Waals surface area (Å²) in [5.74, 6) is 1.99. The van der Waals surface area contributed by atoms with Gasteiger partial charge in [0.1, 0.15) is 18.7 Å². The lowest BCUT2D eigenvalue weighted by atomic mass is 10.1. The summed E-state index contributed by atoms with van der Waals surface area (Å²) >= 11 is 0. The maximum Gasteiger partial charge on any atom is 0.254 e. The summed E-state index contributed by atoms with van der Waals surface area (Å²) in [4.78, 5) is 8.78. The van der Waals surface area contributed by atoms with Crippen molar-refractivity contribution >= 4 is 17.8 Å². The zero-order chi connectivity index (χ0) is 21.6. The molecule has 0 amide bonds. The van der Waals surface area contributed by atoms with Gasteiger partial charge >= 0.3 is 0 Å². The van der Waals surface area contributed by atoms with Crippen LogP contribution in [0.3, 0.4) is 0 Å². The maximum absolute atomic E-state index is 5.83. The molecule has 0 saturated carbocycles. The summed E-state index contributed by atoms with van der Waals surface area (Å²) in [5, 5.41) is 8.59. The number of hydrogen-bond donors (Lipinski definition) is 1. The van der Waals surface area contributed by atoms with Gasteiger partial charge in [0.05, 0.1) is 11.9 Å². The molecule has 7 nitrogen and oxygen atoms in total. The Balaban J connectivity index is 1.28. The molecule has 0 saturated heterocycles. The fourth-order valence-electron chi connectivity index (χ4n) is 3.21. The molecule has 156 valence electrons. The largest absolute Gasteiger partial charge is 0.489 e. The molecule has 0 bridgehead atoms. The quantitative estimate of drug-likeness (QED) is 0.302. The normalized spacial score (nSPS) is 11.1. The predicted molar refractivity (Wildman–Crippen MR) is 125 cm³/mol. The van der Waals surface area contributed by atoms with E-state index in [1.165, 1.54) is 6.33 Å². The van der Waals surface area contributed by atoms with Gasteiger partial charge in [-0.2, -0.15) is 19.7 Å². The minimum atomic E-state index is 0.504. The van der Waals surface area contributed by atoms with E-state index in [1.807, 2.05) is 91.0 Å². The van der Waals surface area contributed by atoms with Crippen LogP contribution in [0, 0.1) is 0 Å². The lowest BCUT2D eigenvalue weighted by Crippen LogP contribution is -2.02. The minimum absolute atomic E-state index is 0.504. The van der Waals surface area contributed by atoms with Crippen LogP contribution in [0.15, 0.2) is 102 Å². The molecule has 0 unspecified atom stereocenters. The van der Waals surface area contributed by atoms with Crippen LogP contribution >= 0.6 is 0 Å². The molecule has 2 aromatic heterocycles. The van der Waals surface area contributed by atoms with Crippen molar-refractivity contribution in [1.29, 1.82) is 0 Å². The van der Waals surface area contributed by atoms with Gasteiger partial charge in [-0.1, -0.05) is 60.7 Å². The minimum Gasteiger partial charge on any atom is -0.489 e. The van der Waals surface area contributed by atoms with Crippen molar-refractivity contribution in [2.45, 2.75) is 6.61 Å². The molecule has 0 fully saturated rings. The van der Waals surface area contributed by atoms with Crippen LogP contribution in [-0.4, -0.2) is 25.8 Å². The van der Waals surface area contributed by atoms with Crippen LogP contribution in [0.2, 0.25) is 0 Å². The molecule has 0 spiro atoms. The number of ether oxygens (including phenoxy) is 1. The highest BCUT2D eigenvalue weighted by Crippen LogP contribution is 2.21. The Morgan fingerprint density at radius 1 is 0.906 bits per heavy atom. The summed E-state index contributed by atoms with van der Waals surface area (Å²) in [6, 6.07) is 29.7. The Morgan fingerprint density at radius 2 is 1.66 bits per heavy atom. The van der Waals surface area contributed by atoms with E-state index in [2.05, 4.69) is 25.6 Å². The first-order chi connectivity index (χ1) is 15.8. The molecule has 5 rings (SSSR count). The summed E-state index contributed by atoms with van der Waals surface area (Å²) in [5.41, 5.74) is 6.92. The van der Waals surface area contributed by atoms with Crippen LogP contribution in [-0.2, 0) is 6.61 Å². The highest BCUT2D eigenvalue weighted by molar-refractivity contribution is 5.80. The fourth-order valence-corrected chi connectivity index (χ4v) is 3.21. The van der Waals surface area contributed by atoms with Crippen LogP contribution in [0.1, 0.15) is 11.1 Å². The van der Waals surface area contributed by atoms with Gasteiger partial charge in [0.25, 0.3) is 5.78 Å². The summed E-state index contributed by atoms with van der Waals surface area (Å²) in [6.45, 7) is 0.537. The first-order valence-electron chi connectivity index (χ1n) is 10.2. The standard InChI is InChI=1S/C25H20N6O/c1-3-7-20(8-4-1)17-32-22-13-11-19(12-14-22)16-27-30-24-15-23(21-9-5-2-6-10-21)29-25-26-18-28-31(24)25/h1-16,18,30H,17H2/b27-16+. The van der Waals surface area contributed by atoms with E-state index in [1.54, 1.807) is 10.7 Å². The summed E-state index contributed by atoms with van der Waals surface area (Å²) < 4.78 is 7.45. The van der Waals surface area contributed by atoms with Crippen LogP contribution in [0.5, 0.6) is 5.75 Å². The van der Waals surface area contributed by atoms with Crippen LogP contribution in [0.25, 0.3) is 17.0 Å². The fraction of sp³-hybridized carbons (Fsp3) is 0.0400. The molecule has 0 aliphatic rings. The second-order valence-corrected chi connectivity index (χ2v) is 7.08. The molecule has 0 radical (unpaired) electrons. The Labute approximate surface area is 185 Å². The van der Waals surface area contributed by atoms with Crippen molar-refractivity contribution in [3.05, 3.63) is 108 Å². The van der Waals surface area contributed by atoms with E-state index in [0.717, 1.165) is 28.1 Å². The molecular weight excluding hydrogens is 400 g/mol. The number of fused-ring (bicyclic) bond motifs is 1. The topological polar surface area (TPSA) is 76.7 Å². The van der Waals surface area contributed by atoms with Gasteiger partial charge in [0, 0.05) is 11.6 Å². The zero-order valence-corrected chi connectivity index (χ0v) is 17.2.